The minimum Gasteiger partial charge on any atom is -0.342 e. The standard InChI is InChI=1S/C32H29FN4O3S/c1-23-11-17-28(18-12-23)41(39,40)36-30(25-7-3-2-4-8-25)19-32(38)35-34-20-26-22-37(31-10-6-5-9-29(26)31)21-24-13-15-27(33)16-14-24/h2-18,20,22,30,36H,19,21H2,1H3,(H,35,38)/b34-20-/t30-/m1/s1. The largest absolute Gasteiger partial charge is 0.342 e. The van der Waals surface area contributed by atoms with Gasteiger partial charge in [0.25, 0.3) is 0 Å². The normalized spacial score (nSPS) is 12.5. The maximum absolute atomic E-state index is 13.3. The monoisotopic (exact) mass is 568 g/mol. The van der Waals surface area contributed by atoms with Crippen molar-refractivity contribution in [2.24, 2.45) is 5.10 Å². The third-order valence-electron chi connectivity index (χ3n) is 6.70. The molecule has 9 heteroatoms. The quantitative estimate of drug-likeness (QED) is 0.167. The minimum atomic E-state index is -3.88. The van der Waals surface area contributed by atoms with Gasteiger partial charge < -0.3 is 4.57 Å². The first-order valence-corrected chi connectivity index (χ1v) is 14.5. The Morgan fingerprint density at radius 3 is 2.34 bits per heavy atom. The fourth-order valence-electron chi connectivity index (χ4n) is 4.59. The lowest BCUT2D eigenvalue weighted by atomic mass is 10.0. The molecule has 2 N–H and O–H groups in total. The maximum Gasteiger partial charge on any atom is 0.242 e. The molecule has 0 radical (unpaired) electrons. The van der Waals surface area contributed by atoms with E-state index in [1.165, 1.54) is 24.3 Å². The molecule has 7 nitrogen and oxygen atoms in total. The molecular formula is C32H29FN4O3S. The molecule has 1 heterocycles. The van der Waals surface area contributed by atoms with Crippen LogP contribution >= 0.6 is 0 Å². The van der Waals surface area contributed by atoms with E-state index in [1.54, 1.807) is 54.7 Å². The van der Waals surface area contributed by atoms with Crippen LogP contribution in [0.5, 0.6) is 0 Å². The second-order valence-electron chi connectivity index (χ2n) is 9.75. The van der Waals surface area contributed by atoms with E-state index in [4.69, 9.17) is 0 Å². The van der Waals surface area contributed by atoms with Crippen LogP contribution in [0.3, 0.4) is 0 Å². The number of aryl methyl sites for hydroxylation is 1. The number of hydrogen-bond acceptors (Lipinski definition) is 4. The van der Waals surface area contributed by atoms with Gasteiger partial charge in [0.15, 0.2) is 0 Å². The van der Waals surface area contributed by atoms with Crippen LogP contribution in [0.25, 0.3) is 10.9 Å². The number of fused-ring (bicyclic) bond motifs is 1. The van der Waals surface area contributed by atoms with E-state index in [-0.39, 0.29) is 17.1 Å². The number of hydrogen-bond donors (Lipinski definition) is 2. The first-order chi connectivity index (χ1) is 19.8. The molecule has 4 aromatic carbocycles. The van der Waals surface area contributed by atoms with Gasteiger partial charge in [-0.1, -0.05) is 78.4 Å². The Kier molecular flexibility index (Phi) is 8.37. The molecular weight excluding hydrogens is 539 g/mol. The molecule has 0 aliphatic heterocycles. The maximum atomic E-state index is 13.3. The number of carbonyl (C=O) groups is 1. The summed E-state index contributed by atoms with van der Waals surface area (Å²) in [4.78, 5) is 13.1. The third kappa shape index (κ3) is 6.95. The summed E-state index contributed by atoms with van der Waals surface area (Å²) in [6, 6.07) is 28.9. The highest BCUT2D eigenvalue weighted by atomic mass is 32.2. The van der Waals surface area contributed by atoms with Gasteiger partial charge >= 0.3 is 0 Å². The Morgan fingerprint density at radius 2 is 1.61 bits per heavy atom. The molecule has 1 amide bonds. The van der Waals surface area contributed by atoms with Crippen LogP contribution in [-0.4, -0.2) is 25.1 Å². The summed E-state index contributed by atoms with van der Waals surface area (Å²) in [5, 5.41) is 5.12. The van der Waals surface area contributed by atoms with Crippen LogP contribution in [0.15, 0.2) is 119 Å². The van der Waals surface area contributed by atoms with E-state index < -0.39 is 22.0 Å². The number of aromatic nitrogens is 1. The van der Waals surface area contributed by atoms with Gasteiger partial charge in [-0.15, -0.1) is 0 Å². The zero-order valence-corrected chi connectivity index (χ0v) is 23.2. The molecule has 0 unspecified atom stereocenters. The number of nitrogens with one attached hydrogen (secondary N) is 2. The van der Waals surface area contributed by atoms with Gasteiger partial charge in [-0.25, -0.2) is 23.0 Å². The van der Waals surface area contributed by atoms with Crippen molar-refractivity contribution in [1.82, 2.24) is 14.7 Å². The summed E-state index contributed by atoms with van der Waals surface area (Å²) in [6.07, 6.45) is 3.33. The lowest BCUT2D eigenvalue weighted by Crippen LogP contribution is -2.32. The topological polar surface area (TPSA) is 92.6 Å². The van der Waals surface area contributed by atoms with E-state index >= 15 is 0 Å². The molecule has 0 aliphatic rings. The van der Waals surface area contributed by atoms with E-state index in [1.807, 2.05) is 48.0 Å². The molecule has 1 aromatic heterocycles. The number of nitrogens with zero attached hydrogens (tertiary/aromatic N) is 2. The Balaban J connectivity index is 1.31. The molecule has 1 atom stereocenters. The average molecular weight is 569 g/mol. The smallest absolute Gasteiger partial charge is 0.242 e. The lowest BCUT2D eigenvalue weighted by Gasteiger charge is -2.18. The molecule has 0 aliphatic carbocycles. The minimum absolute atomic E-state index is 0.125. The number of hydrazone groups is 1. The first-order valence-electron chi connectivity index (χ1n) is 13.1. The van der Waals surface area contributed by atoms with Gasteiger partial charge in [0, 0.05) is 35.6 Å². The number of carbonyl (C=O) groups excluding carboxylic acids is 1. The van der Waals surface area contributed by atoms with E-state index in [9.17, 15) is 17.6 Å². The van der Waals surface area contributed by atoms with Gasteiger partial charge in [-0.2, -0.15) is 5.10 Å². The summed E-state index contributed by atoms with van der Waals surface area (Å²) in [5.74, 6) is -0.733. The van der Waals surface area contributed by atoms with Crippen molar-refractivity contribution in [2.45, 2.75) is 30.8 Å². The highest BCUT2D eigenvalue weighted by Gasteiger charge is 2.23. The van der Waals surface area contributed by atoms with Crippen LogP contribution < -0.4 is 10.1 Å². The van der Waals surface area contributed by atoms with Crippen molar-refractivity contribution in [3.05, 3.63) is 137 Å². The SMILES string of the molecule is Cc1ccc(S(=O)(=O)N[C@H](CC(=O)N/N=C\c2cn(Cc3ccc(F)cc3)c3ccccc23)c2ccccc2)cc1. The third-order valence-corrected chi connectivity index (χ3v) is 8.19. The van der Waals surface area contributed by atoms with Gasteiger partial charge in [-0.05, 0) is 48.4 Å². The van der Waals surface area contributed by atoms with Crippen molar-refractivity contribution in [1.29, 1.82) is 0 Å². The fraction of sp³-hybridized carbons (Fsp3) is 0.125. The number of para-hydroxylation sites is 1. The molecule has 0 bridgehead atoms. The number of halogens is 1. The zero-order valence-electron chi connectivity index (χ0n) is 22.4. The Labute approximate surface area is 238 Å². The molecule has 0 saturated heterocycles. The predicted molar refractivity (Wildman–Crippen MR) is 158 cm³/mol. The highest BCUT2D eigenvalue weighted by molar-refractivity contribution is 7.89. The van der Waals surface area contributed by atoms with Gasteiger partial charge in [0.2, 0.25) is 15.9 Å². The van der Waals surface area contributed by atoms with Gasteiger partial charge in [-0.3, -0.25) is 4.79 Å². The Bertz CT molecular complexity index is 1780. The van der Waals surface area contributed by atoms with Crippen molar-refractivity contribution in [2.75, 3.05) is 0 Å². The Hall–Kier alpha value is -4.60. The van der Waals surface area contributed by atoms with E-state index in [0.29, 0.717) is 12.1 Å². The molecule has 208 valence electrons. The summed E-state index contributed by atoms with van der Waals surface area (Å²) >= 11 is 0. The molecule has 0 fully saturated rings. The summed E-state index contributed by atoms with van der Waals surface area (Å²) < 4.78 is 44.2. The van der Waals surface area contributed by atoms with Crippen LogP contribution in [0, 0.1) is 12.7 Å². The molecule has 0 saturated carbocycles. The van der Waals surface area contributed by atoms with Crippen LogP contribution in [0.1, 0.15) is 34.7 Å². The molecule has 5 aromatic rings. The van der Waals surface area contributed by atoms with Crippen LogP contribution in [0.4, 0.5) is 4.39 Å². The highest BCUT2D eigenvalue weighted by Crippen LogP contribution is 2.23. The summed E-state index contributed by atoms with van der Waals surface area (Å²) in [5.41, 5.74) is 6.86. The molecule has 0 spiro atoms. The number of amides is 1. The number of benzene rings is 4. The van der Waals surface area contributed by atoms with Crippen molar-refractivity contribution >= 4 is 33.0 Å². The number of rotatable bonds is 10. The van der Waals surface area contributed by atoms with Gasteiger partial charge in [0.05, 0.1) is 17.2 Å². The average Bonchev–Trinajstić information content (AvgIpc) is 3.31. The second-order valence-corrected chi connectivity index (χ2v) is 11.5. The summed E-state index contributed by atoms with van der Waals surface area (Å²) in [6.45, 7) is 2.42. The summed E-state index contributed by atoms with van der Waals surface area (Å²) in [7, 11) is -3.88. The molecule has 41 heavy (non-hydrogen) atoms. The fourth-order valence-corrected chi connectivity index (χ4v) is 5.81. The first kappa shape index (κ1) is 27.9. The molecule has 5 rings (SSSR count). The second kappa shape index (κ2) is 12.3. The Morgan fingerprint density at radius 1 is 0.927 bits per heavy atom. The van der Waals surface area contributed by atoms with Gasteiger partial charge in [0.1, 0.15) is 5.82 Å². The van der Waals surface area contributed by atoms with E-state index in [0.717, 1.165) is 27.6 Å². The van der Waals surface area contributed by atoms with Crippen LogP contribution in [-0.2, 0) is 21.4 Å². The predicted octanol–water partition coefficient (Wildman–Crippen LogP) is 5.70. The van der Waals surface area contributed by atoms with Crippen LogP contribution in [0.2, 0.25) is 0 Å². The van der Waals surface area contributed by atoms with Crippen molar-refractivity contribution in [3.63, 3.8) is 0 Å². The lowest BCUT2D eigenvalue weighted by molar-refractivity contribution is -0.121. The van der Waals surface area contributed by atoms with Crippen molar-refractivity contribution < 1.29 is 17.6 Å². The zero-order chi connectivity index (χ0) is 28.8. The number of sulfonamides is 1. The van der Waals surface area contributed by atoms with Crippen molar-refractivity contribution in [3.8, 4) is 0 Å². The van der Waals surface area contributed by atoms with E-state index in [2.05, 4.69) is 15.2 Å².